The first kappa shape index (κ1) is 17.6. The number of benzene rings is 1. The molecular weight excluding hydrogens is 312 g/mol. The Hall–Kier alpha value is -1.78. The average molecular weight is 335 g/mol. The minimum Gasteiger partial charge on any atom is -0.450 e. The van der Waals surface area contributed by atoms with Crippen molar-refractivity contribution >= 4 is 29.3 Å². The highest BCUT2D eigenvalue weighted by Gasteiger charge is 2.20. The molecule has 2 N–H and O–H groups in total. The van der Waals surface area contributed by atoms with Crippen molar-refractivity contribution < 1.29 is 9.21 Å². The quantitative estimate of drug-likeness (QED) is 0.845. The van der Waals surface area contributed by atoms with E-state index in [0.717, 1.165) is 47.2 Å². The molecule has 0 radical (unpaired) electrons. The van der Waals surface area contributed by atoms with Crippen LogP contribution in [0.5, 0.6) is 0 Å². The summed E-state index contributed by atoms with van der Waals surface area (Å²) in [5.41, 5.74) is 5.22. The molecular formula is C18H23ClN2O2. The van der Waals surface area contributed by atoms with Gasteiger partial charge in [0.25, 0.3) is 5.91 Å². The summed E-state index contributed by atoms with van der Waals surface area (Å²) in [4.78, 5) is 12.5. The first-order valence-electron chi connectivity index (χ1n) is 7.74. The van der Waals surface area contributed by atoms with Crippen LogP contribution in [0.25, 0.3) is 11.0 Å². The summed E-state index contributed by atoms with van der Waals surface area (Å²) in [7, 11) is 0. The van der Waals surface area contributed by atoms with Gasteiger partial charge in [0.05, 0.1) is 0 Å². The lowest BCUT2D eigenvalue weighted by atomic mass is 10.0. The molecule has 0 fully saturated rings. The summed E-state index contributed by atoms with van der Waals surface area (Å²) in [6.45, 7) is 8.46. The smallest absolute Gasteiger partial charge is 0.287 e. The molecule has 23 heavy (non-hydrogen) atoms. The number of carbonyl (C=O) groups is 1. The van der Waals surface area contributed by atoms with E-state index in [-0.39, 0.29) is 18.3 Å². The van der Waals surface area contributed by atoms with E-state index in [2.05, 4.69) is 22.8 Å². The zero-order valence-corrected chi connectivity index (χ0v) is 14.6. The fourth-order valence-corrected chi connectivity index (χ4v) is 3.00. The molecule has 1 amide bonds. The van der Waals surface area contributed by atoms with E-state index >= 15 is 0 Å². The lowest BCUT2D eigenvalue weighted by Gasteiger charge is -2.14. The van der Waals surface area contributed by atoms with Crippen molar-refractivity contribution in [1.82, 2.24) is 10.6 Å². The van der Waals surface area contributed by atoms with Gasteiger partial charge in [0, 0.05) is 24.0 Å². The molecule has 4 nitrogen and oxygen atoms in total. The zero-order valence-electron chi connectivity index (χ0n) is 13.8. The van der Waals surface area contributed by atoms with E-state index < -0.39 is 0 Å². The Labute approximate surface area is 142 Å². The van der Waals surface area contributed by atoms with Gasteiger partial charge in [-0.05, 0) is 44.9 Å². The number of carbonyl (C=O) groups excluding carboxylic acids is 1. The number of hydrogen-bond donors (Lipinski definition) is 2. The second-order valence-electron chi connectivity index (χ2n) is 5.96. The molecule has 1 aliphatic rings. The Morgan fingerprint density at radius 2 is 2.00 bits per heavy atom. The largest absolute Gasteiger partial charge is 0.450 e. The molecule has 124 valence electrons. The van der Waals surface area contributed by atoms with Crippen molar-refractivity contribution in [2.24, 2.45) is 0 Å². The molecule has 1 aliphatic heterocycles. The van der Waals surface area contributed by atoms with Gasteiger partial charge >= 0.3 is 0 Å². The summed E-state index contributed by atoms with van der Waals surface area (Å²) in [6.07, 6.45) is 3.13. The van der Waals surface area contributed by atoms with Crippen LogP contribution < -0.4 is 10.6 Å². The van der Waals surface area contributed by atoms with Crippen LogP contribution in [0, 0.1) is 20.8 Å². The van der Waals surface area contributed by atoms with Crippen LogP contribution in [-0.2, 0) is 0 Å². The van der Waals surface area contributed by atoms with Gasteiger partial charge in [0.1, 0.15) is 5.58 Å². The number of hydrogen-bond acceptors (Lipinski definition) is 3. The van der Waals surface area contributed by atoms with Crippen LogP contribution in [0.4, 0.5) is 0 Å². The molecule has 0 bridgehead atoms. The molecule has 0 atom stereocenters. The Kier molecular flexibility index (Phi) is 5.50. The SMILES string of the molecule is Cc1ccc(C)c2c(C)c(C(=O)NCC3=CCNCC3)oc12.Cl. The van der Waals surface area contributed by atoms with E-state index in [4.69, 9.17) is 4.42 Å². The van der Waals surface area contributed by atoms with Crippen molar-refractivity contribution in [3.63, 3.8) is 0 Å². The summed E-state index contributed by atoms with van der Waals surface area (Å²) < 4.78 is 5.87. The number of furan rings is 1. The highest BCUT2D eigenvalue weighted by Crippen LogP contribution is 2.30. The van der Waals surface area contributed by atoms with Crippen LogP contribution in [0.15, 0.2) is 28.2 Å². The monoisotopic (exact) mass is 334 g/mol. The van der Waals surface area contributed by atoms with E-state index in [0.29, 0.717) is 12.3 Å². The van der Waals surface area contributed by atoms with Crippen molar-refractivity contribution in [3.8, 4) is 0 Å². The first-order chi connectivity index (χ1) is 10.6. The fourth-order valence-electron chi connectivity index (χ4n) is 3.00. The summed E-state index contributed by atoms with van der Waals surface area (Å²) in [5, 5.41) is 7.31. The highest BCUT2D eigenvalue weighted by atomic mass is 35.5. The molecule has 0 aliphatic carbocycles. The first-order valence-corrected chi connectivity index (χ1v) is 7.74. The van der Waals surface area contributed by atoms with E-state index in [1.165, 1.54) is 5.57 Å². The van der Waals surface area contributed by atoms with Crippen molar-refractivity contribution in [1.29, 1.82) is 0 Å². The predicted molar refractivity (Wildman–Crippen MR) is 95.6 cm³/mol. The van der Waals surface area contributed by atoms with Gasteiger partial charge in [-0.15, -0.1) is 12.4 Å². The normalized spacial score (nSPS) is 14.3. The number of fused-ring (bicyclic) bond motifs is 1. The summed E-state index contributed by atoms with van der Waals surface area (Å²) in [5.74, 6) is 0.300. The number of amides is 1. The maximum absolute atomic E-state index is 12.5. The Bertz CT molecular complexity index is 762. The number of aryl methyl sites for hydroxylation is 3. The maximum Gasteiger partial charge on any atom is 0.287 e. The number of nitrogens with one attached hydrogen (secondary N) is 2. The van der Waals surface area contributed by atoms with E-state index in [9.17, 15) is 4.79 Å². The van der Waals surface area contributed by atoms with Crippen molar-refractivity contribution in [2.75, 3.05) is 19.6 Å². The second kappa shape index (κ2) is 7.20. The molecule has 2 aromatic rings. The second-order valence-corrected chi connectivity index (χ2v) is 5.96. The molecule has 5 heteroatoms. The van der Waals surface area contributed by atoms with Crippen LogP contribution in [-0.4, -0.2) is 25.5 Å². The van der Waals surface area contributed by atoms with Crippen molar-refractivity contribution in [2.45, 2.75) is 27.2 Å². The minimum atomic E-state index is -0.132. The summed E-state index contributed by atoms with van der Waals surface area (Å²) >= 11 is 0. The number of halogens is 1. The highest BCUT2D eigenvalue weighted by molar-refractivity contribution is 6.00. The topological polar surface area (TPSA) is 54.3 Å². The molecule has 1 aromatic heterocycles. The molecule has 1 aromatic carbocycles. The van der Waals surface area contributed by atoms with Gasteiger partial charge in [0.2, 0.25) is 0 Å². The Morgan fingerprint density at radius 3 is 2.65 bits per heavy atom. The lowest BCUT2D eigenvalue weighted by molar-refractivity contribution is 0.0930. The molecule has 0 unspecified atom stereocenters. The van der Waals surface area contributed by atoms with Gasteiger partial charge in [-0.25, -0.2) is 0 Å². The zero-order chi connectivity index (χ0) is 15.7. The van der Waals surface area contributed by atoms with Gasteiger partial charge < -0.3 is 15.1 Å². The summed E-state index contributed by atoms with van der Waals surface area (Å²) in [6, 6.07) is 4.10. The van der Waals surface area contributed by atoms with E-state index in [1.807, 2.05) is 26.8 Å². The standard InChI is InChI=1S/C18H22N2O2.ClH/c1-11-4-5-12(2)16-15(11)13(3)17(22-16)18(21)20-10-14-6-8-19-9-7-14;/h4-6,19H,7-10H2,1-3H3,(H,20,21);1H. The maximum atomic E-state index is 12.5. The Morgan fingerprint density at radius 1 is 1.26 bits per heavy atom. The lowest BCUT2D eigenvalue weighted by Crippen LogP contribution is -2.29. The molecule has 0 saturated heterocycles. The minimum absolute atomic E-state index is 0. The van der Waals surface area contributed by atoms with Crippen molar-refractivity contribution in [3.05, 3.63) is 46.2 Å². The van der Waals surface area contributed by atoms with Gasteiger partial charge in [-0.3, -0.25) is 4.79 Å². The predicted octanol–water partition coefficient (Wildman–Crippen LogP) is 3.43. The molecule has 2 heterocycles. The molecule has 3 rings (SSSR count). The molecule has 0 spiro atoms. The number of rotatable bonds is 3. The fraction of sp³-hybridized carbons (Fsp3) is 0.389. The average Bonchev–Trinajstić information content (AvgIpc) is 2.89. The van der Waals surface area contributed by atoms with Crippen LogP contribution in [0.2, 0.25) is 0 Å². The van der Waals surface area contributed by atoms with Crippen LogP contribution >= 0.6 is 12.4 Å². The third kappa shape index (κ3) is 3.43. The third-order valence-corrected chi connectivity index (χ3v) is 4.32. The van der Waals surface area contributed by atoms with E-state index in [1.54, 1.807) is 0 Å². The van der Waals surface area contributed by atoms with Gasteiger partial charge in [-0.2, -0.15) is 0 Å². The third-order valence-electron chi connectivity index (χ3n) is 4.32. The van der Waals surface area contributed by atoms with Crippen LogP contribution in [0.3, 0.4) is 0 Å². The Balaban J connectivity index is 0.00000192. The van der Waals surface area contributed by atoms with Gasteiger partial charge in [0.15, 0.2) is 5.76 Å². The molecule has 0 saturated carbocycles. The van der Waals surface area contributed by atoms with Gasteiger partial charge in [-0.1, -0.05) is 23.8 Å². The van der Waals surface area contributed by atoms with Crippen LogP contribution in [0.1, 0.15) is 33.7 Å².